The molecule has 2 N–H and O–H groups in total. The molecule has 2 aromatic carbocycles. The molecule has 0 unspecified atom stereocenters. The van der Waals surface area contributed by atoms with Gasteiger partial charge in [-0.15, -0.1) is 0 Å². The number of hydrogen-bond acceptors (Lipinski definition) is 8. The van der Waals surface area contributed by atoms with Crippen molar-refractivity contribution in [3.63, 3.8) is 0 Å². The summed E-state index contributed by atoms with van der Waals surface area (Å²) >= 11 is 5.98. The Morgan fingerprint density at radius 1 is 1.03 bits per heavy atom. The van der Waals surface area contributed by atoms with Crippen LogP contribution in [0.25, 0.3) is 0 Å². The topological polar surface area (TPSA) is 138 Å². The molecule has 0 saturated carbocycles. The average Bonchev–Trinajstić information content (AvgIpc) is 2.88. The van der Waals surface area contributed by atoms with Gasteiger partial charge in [-0.1, -0.05) is 29.8 Å². The fraction of sp³-hybridized carbons (Fsp3) is 0.160. The van der Waals surface area contributed by atoms with E-state index in [0.717, 1.165) is 10.1 Å². The number of aromatic carboxylic acids is 1. The van der Waals surface area contributed by atoms with Crippen molar-refractivity contribution < 1.29 is 19.4 Å². The third kappa shape index (κ3) is 5.78. The Balaban J connectivity index is 1.67. The number of carboxylic acids is 1. The first-order chi connectivity index (χ1) is 17.8. The van der Waals surface area contributed by atoms with Crippen LogP contribution in [0.4, 0.5) is 11.6 Å². The highest BCUT2D eigenvalue weighted by molar-refractivity contribution is 6.30. The number of ether oxygens (including phenoxy) is 2. The quantitative estimate of drug-likeness (QED) is 0.336. The minimum Gasteiger partial charge on any atom is -0.493 e. The van der Waals surface area contributed by atoms with E-state index in [2.05, 4.69) is 15.3 Å². The van der Waals surface area contributed by atoms with Gasteiger partial charge in [0.2, 0.25) is 11.8 Å². The van der Waals surface area contributed by atoms with Crippen molar-refractivity contribution in [2.75, 3.05) is 12.4 Å². The van der Waals surface area contributed by atoms with E-state index in [1.807, 2.05) is 0 Å². The Bertz CT molecular complexity index is 1570. The summed E-state index contributed by atoms with van der Waals surface area (Å²) in [5, 5.41) is 12.7. The van der Waals surface area contributed by atoms with Gasteiger partial charge in [0.05, 0.1) is 13.7 Å². The molecule has 0 radical (unpaired) electrons. The molecule has 12 heteroatoms. The molecular formula is C25H22ClN5O6. The molecule has 0 aliphatic heterocycles. The third-order valence-corrected chi connectivity index (χ3v) is 5.55. The lowest BCUT2D eigenvalue weighted by atomic mass is 10.2. The number of halogens is 1. The predicted molar refractivity (Wildman–Crippen MR) is 137 cm³/mol. The number of carbonyl (C=O) groups is 1. The molecule has 0 aliphatic rings. The monoisotopic (exact) mass is 523 g/mol. The van der Waals surface area contributed by atoms with Gasteiger partial charge in [0.25, 0.3) is 0 Å². The predicted octanol–water partition coefficient (Wildman–Crippen LogP) is 3.76. The fourth-order valence-corrected chi connectivity index (χ4v) is 3.60. The summed E-state index contributed by atoms with van der Waals surface area (Å²) in [6.07, 6.45) is 0. The van der Waals surface area contributed by atoms with Gasteiger partial charge < -0.3 is 19.9 Å². The maximum Gasteiger partial charge on any atom is 0.354 e. The maximum atomic E-state index is 13.1. The summed E-state index contributed by atoms with van der Waals surface area (Å²) in [6.45, 7) is 2.01. The number of methoxy groups -OCH3 is 1. The van der Waals surface area contributed by atoms with Crippen molar-refractivity contribution in [2.24, 2.45) is 0 Å². The van der Waals surface area contributed by atoms with Crippen LogP contribution in [0.5, 0.6) is 17.4 Å². The Morgan fingerprint density at radius 2 is 1.78 bits per heavy atom. The molecule has 0 atom stereocenters. The zero-order valence-corrected chi connectivity index (χ0v) is 20.6. The van der Waals surface area contributed by atoms with Crippen LogP contribution >= 0.6 is 11.6 Å². The second kappa shape index (κ2) is 11.0. The molecule has 0 fully saturated rings. The number of nitrogens with one attached hydrogen (secondary N) is 1. The van der Waals surface area contributed by atoms with E-state index in [9.17, 15) is 14.4 Å². The van der Waals surface area contributed by atoms with Crippen LogP contribution in [0.1, 0.15) is 23.0 Å². The van der Waals surface area contributed by atoms with E-state index in [-0.39, 0.29) is 36.4 Å². The lowest BCUT2D eigenvalue weighted by Gasteiger charge is -2.16. The number of aromatic nitrogens is 4. The van der Waals surface area contributed by atoms with Gasteiger partial charge in [-0.25, -0.2) is 23.9 Å². The van der Waals surface area contributed by atoms with Crippen molar-refractivity contribution in [3.05, 3.63) is 97.9 Å². The molecule has 190 valence electrons. The molecule has 0 bridgehead atoms. The largest absolute Gasteiger partial charge is 0.493 e. The van der Waals surface area contributed by atoms with Gasteiger partial charge in [-0.2, -0.15) is 4.98 Å². The van der Waals surface area contributed by atoms with Crippen LogP contribution in [0.3, 0.4) is 0 Å². The molecular weight excluding hydrogens is 502 g/mol. The minimum absolute atomic E-state index is 0.0428. The molecule has 0 amide bonds. The summed E-state index contributed by atoms with van der Waals surface area (Å²) in [4.78, 5) is 44.8. The highest BCUT2D eigenvalue weighted by Gasteiger charge is 2.15. The number of carboxylic acid groups (broad SMARTS) is 1. The van der Waals surface area contributed by atoms with Crippen LogP contribution in [-0.2, 0) is 13.1 Å². The van der Waals surface area contributed by atoms with Crippen LogP contribution in [0.2, 0.25) is 5.02 Å². The SMILES string of the molecule is CCn1c(=O)nc(Nc2ccc(Oc3cccc(C(=O)O)n3)c(OC)c2)n(Cc2ccc(Cl)cc2)c1=O. The van der Waals surface area contributed by atoms with Crippen LogP contribution in [0, 0.1) is 0 Å². The van der Waals surface area contributed by atoms with Gasteiger partial charge in [0.15, 0.2) is 17.2 Å². The van der Waals surface area contributed by atoms with Crippen molar-refractivity contribution in [1.29, 1.82) is 0 Å². The number of hydrogen-bond donors (Lipinski definition) is 2. The standard InChI is InChI=1S/C25H22ClN5O6/c1-3-30-24(34)29-23(31(25(30)35)14-15-7-9-16(26)10-8-15)27-17-11-12-19(20(13-17)36-2)37-21-6-4-5-18(28-21)22(32)33/h4-13H,3,14H2,1-2H3,(H,32,33)(H,27,29,34). The lowest BCUT2D eigenvalue weighted by Crippen LogP contribution is -2.42. The first-order valence-electron chi connectivity index (χ1n) is 11.1. The second-order valence-electron chi connectivity index (χ2n) is 7.72. The molecule has 4 rings (SSSR count). The highest BCUT2D eigenvalue weighted by atomic mass is 35.5. The van der Waals surface area contributed by atoms with E-state index in [0.29, 0.717) is 16.5 Å². The Hall–Kier alpha value is -4.64. The van der Waals surface area contributed by atoms with E-state index in [1.54, 1.807) is 49.4 Å². The average molecular weight is 524 g/mol. The van der Waals surface area contributed by atoms with Crippen molar-refractivity contribution in [3.8, 4) is 17.4 Å². The summed E-state index contributed by atoms with van der Waals surface area (Å²) in [5.74, 6) is -0.502. The van der Waals surface area contributed by atoms with Gasteiger partial charge in [0, 0.05) is 29.4 Å². The molecule has 0 saturated heterocycles. The number of rotatable bonds is 9. The Morgan fingerprint density at radius 3 is 2.46 bits per heavy atom. The van der Waals surface area contributed by atoms with Crippen LogP contribution < -0.4 is 26.2 Å². The first-order valence-corrected chi connectivity index (χ1v) is 11.5. The lowest BCUT2D eigenvalue weighted by molar-refractivity contribution is 0.0689. The number of anilines is 2. The van der Waals surface area contributed by atoms with Gasteiger partial charge in [0.1, 0.15) is 0 Å². The first kappa shape index (κ1) is 25.5. The summed E-state index contributed by atoms with van der Waals surface area (Å²) < 4.78 is 13.5. The normalized spacial score (nSPS) is 10.7. The van der Waals surface area contributed by atoms with Crippen molar-refractivity contribution in [2.45, 2.75) is 20.0 Å². The number of nitrogens with zero attached hydrogens (tertiary/aromatic N) is 4. The zero-order valence-electron chi connectivity index (χ0n) is 19.8. The number of pyridine rings is 1. The van der Waals surface area contributed by atoms with E-state index in [1.165, 1.54) is 29.9 Å². The van der Waals surface area contributed by atoms with E-state index >= 15 is 0 Å². The summed E-state index contributed by atoms with van der Waals surface area (Å²) in [7, 11) is 1.43. The molecule has 37 heavy (non-hydrogen) atoms. The van der Waals surface area contributed by atoms with Gasteiger partial charge in [-0.05, 0) is 42.8 Å². The zero-order chi connectivity index (χ0) is 26.5. The smallest absolute Gasteiger partial charge is 0.354 e. The fourth-order valence-electron chi connectivity index (χ4n) is 3.47. The molecule has 2 heterocycles. The van der Waals surface area contributed by atoms with Crippen molar-refractivity contribution >= 4 is 29.2 Å². The van der Waals surface area contributed by atoms with Gasteiger partial charge >= 0.3 is 17.3 Å². The Labute approximate surface area is 215 Å². The molecule has 0 spiro atoms. The minimum atomic E-state index is -1.18. The summed E-state index contributed by atoms with van der Waals surface area (Å²) in [6, 6.07) is 16.1. The molecule has 4 aromatic rings. The third-order valence-electron chi connectivity index (χ3n) is 5.30. The van der Waals surface area contributed by atoms with Gasteiger partial charge in [-0.3, -0.25) is 4.57 Å². The Kier molecular flexibility index (Phi) is 7.54. The van der Waals surface area contributed by atoms with Crippen LogP contribution in [0.15, 0.2) is 70.3 Å². The van der Waals surface area contributed by atoms with Crippen molar-refractivity contribution in [1.82, 2.24) is 19.1 Å². The maximum absolute atomic E-state index is 13.1. The highest BCUT2D eigenvalue weighted by Crippen LogP contribution is 2.34. The second-order valence-corrected chi connectivity index (χ2v) is 8.15. The van der Waals surface area contributed by atoms with E-state index in [4.69, 9.17) is 26.2 Å². The van der Waals surface area contributed by atoms with Crippen LogP contribution in [-0.4, -0.2) is 37.3 Å². The number of benzene rings is 2. The molecule has 2 aromatic heterocycles. The van der Waals surface area contributed by atoms with E-state index < -0.39 is 17.3 Å². The molecule has 0 aliphatic carbocycles. The summed E-state index contributed by atoms with van der Waals surface area (Å²) in [5.41, 5.74) is -0.117. The molecule has 11 nitrogen and oxygen atoms in total.